The molecule has 2 aromatic rings. The molecule has 2 aromatic carbocycles. The van der Waals surface area contributed by atoms with E-state index >= 15 is 0 Å². The number of nitrogens with one attached hydrogen (secondary N) is 2. The number of sulfonamides is 1. The molecular weight excluding hydrogens is 372 g/mol. The lowest BCUT2D eigenvalue weighted by atomic mass is 10.2. The van der Waals surface area contributed by atoms with Crippen LogP contribution in [0.3, 0.4) is 0 Å². The number of para-hydroxylation sites is 1. The summed E-state index contributed by atoms with van der Waals surface area (Å²) in [5.74, 6) is -0.121. The van der Waals surface area contributed by atoms with Crippen molar-refractivity contribution in [2.45, 2.75) is 44.4 Å². The summed E-state index contributed by atoms with van der Waals surface area (Å²) in [6.07, 6.45) is 3.26. The lowest BCUT2D eigenvalue weighted by Crippen LogP contribution is -2.16. The minimum absolute atomic E-state index is 0.101. The van der Waals surface area contributed by atoms with E-state index in [1.54, 1.807) is 43.3 Å². The van der Waals surface area contributed by atoms with Gasteiger partial charge >= 0.3 is 0 Å². The van der Waals surface area contributed by atoms with Crippen molar-refractivity contribution in [3.05, 3.63) is 53.1 Å². The Hall–Kier alpha value is -2.05. The van der Waals surface area contributed by atoms with Gasteiger partial charge in [0.1, 0.15) is 0 Å². The number of amides is 1. The Labute approximate surface area is 159 Å². The fourth-order valence-electron chi connectivity index (χ4n) is 2.47. The lowest BCUT2D eigenvalue weighted by molar-refractivity contribution is -0.116. The van der Waals surface area contributed by atoms with Crippen LogP contribution in [-0.4, -0.2) is 14.3 Å². The van der Waals surface area contributed by atoms with Crippen LogP contribution in [0.2, 0.25) is 5.02 Å². The smallest absolute Gasteiger partial charge is 0.262 e. The molecule has 26 heavy (non-hydrogen) atoms. The maximum absolute atomic E-state index is 12.7. The number of rotatable bonds is 8. The first-order chi connectivity index (χ1) is 12.3. The van der Waals surface area contributed by atoms with Crippen molar-refractivity contribution in [1.82, 2.24) is 0 Å². The molecule has 1 amide bonds. The Morgan fingerprint density at radius 2 is 1.85 bits per heavy atom. The average molecular weight is 395 g/mol. The van der Waals surface area contributed by atoms with Crippen LogP contribution >= 0.6 is 11.6 Å². The van der Waals surface area contributed by atoms with Gasteiger partial charge in [-0.05, 0) is 43.2 Å². The van der Waals surface area contributed by atoms with Gasteiger partial charge in [0.05, 0.1) is 15.6 Å². The molecule has 0 saturated heterocycles. The summed E-state index contributed by atoms with van der Waals surface area (Å²) in [7, 11) is -3.83. The molecule has 0 fully saturated rings. The standard InChI is InChI=1S/C19H23ClN2O3S/c1-3-4-5-10-19(23)21-15-12-11-14(2)18(13-15)26(24,25)22-17-9-7-6-8-16(17)20/h6-9,11-13,22H,3-5,10H2,1-2H3,(H,21,23). The molecule has 0 aliphatic rings. The van der Waals surface area contributed by atoms with Crippen molar-refractivity contribution in [2.24, 2.45) is 0 Å². The Kier molecular flexibility index (Phi) is 7.06. The monoisotopic (exact) mass is 394 g/mol. The van der Waals surface area contributed by atoms with Crippen LogP contribution in [0.15, 0.2) is 47.4 Å². The van der Waals surface area contributed by atoms with E-state index in [0.29, 0.717) is 28.4 Å². The molecular formula is C19H23ClN2O3S. The highest BCUT2D eigenvalue weighted by molar-refractivity contribution is 7.92. The van der Waals surface area contributed by atoms with Crippen LogP contribution in [0.1, 0.15) is 38.2 Å². The van der Waals surface area contributed by atoms with E-state index < -0.39 is 10.0 Å². The highest BCUT2D eigenvalue weighted by atomic mass is 35.5. The number of carbonyl (C=O) groups is 1. The van der Waals surface area contributed by atoms with Gasteiger partial charge < -0.3 is 5.32 Å². The number of unbranched alkanes of at least 4 members (excludes halogenated alkanes) is 2. The minimum atomic E-state index is -3.83. The number of aryl methyl sites for hydroxylation is 1. The third-order valence-electron chi connectivity index (χ3n) is 3.89. The normalized spacial score (nSPS) is 11.2. The first kappa shape index (κ1) is 20.3. The molecule has 7 heteroatoms. The molecule has 0 radical (unpaired) electrons. The molecule has 0 bridgehead atoms. The predicted molar refractivity (Wildman–Crippen MR) is 106 cm³/mol. The number of carbonyl (C=O) groups excluding carboxylic acids is 1. The average Bonchev–Trinajstić information content (AvgIpc) is 2.58. The third kappa shape index (κ3) is 5.47. The number of anilines is 2. The molecule has 2 rings (SSSR count). The quantitative estimate of drug-likeness (QED) is 0.621. The van der Waals surface area contributed by atoms with Crippen molar-refractivity contribution in [1.29, 1.82) is 0 Å². The van der Waals surface area contributed by atoms with Crippen molar-refractivity contribution in [3.63, 3.8) is 0 Å². The molecule has 5 nitrogen and oxygen atoms in total. The van der Waals surface area contributed by atoms with E-state index in [1.807, 2.05) is 0 Å². The minimum Gasteiger partial charge on any atom is -0.326 e. The Balaban J connectivity index is 2.20. The maximum atomic E-state index is 12.7. The van der Waals surface area contributed by atoms with Crippen LogP contribution in [-0.2, 0) is 14.8 Å². The van der Waals surface area contributed by atoms with Crippen LogP contribution in [0.4, 0.5) is 11.4 Å². The van der Waals surface area contributed by atoms with Gasteiger partial charge in [-0.2, -0.15) is 0 Å². The fraction of sp³-hybridized carbons (Fsp3) is 0.316. The number of hydrogen-bond donors (Lipinski definition) is 2. The highest BCUT2D eigenvalue weighted by Crippen LogP contribution is 2.26. The first-order valence-corrected chi connectivity index (χ1v) is 10.4. The summed E-state index contributed by atoms with van der Waals surface area (Å²) in [4.78, 5) is 12.1. The molecule has 0 saturated carbocycles. The summed E-state index contributed by atoms with van der Waals surface area (Å²) in [5.41, 5.74) is 1.34. The molecule has 0 atom stereocenters. The number of benzene rings is 2. The number of hydrogen-bond acceptors (Lipinski definition) is 3. The van der Waals surface area contributed by atoms with Crippen LogP contribution in [0.25, 0.3) is 0 Å². The van der Waals surface area contributed by atoms with Crippen LogP contribution in [0.5, 0.6) is 0 Å². The largest absolute Gasteiger partial charge is 0.326 e. The SMILES string of the molecule is CCCCCC(=O)Nc1ccc(C)c(S(=O)(=O)Nc2ccccc2Cl)c1. The molecule has 0 aliphatic carbocycles. The lowest BCUT2D eigenvalue weighted by Gasteiger charge is -2.13. The van der Waals surface area contributed by atoms with Gasteiger partial charge in [-0.3, -0.25) is 9.52 Å². The molecule has 140 valence electrons. The van der Waals surface area contributed by atoms with E-state index in [2.05, 4.69) is 17.0 Å². The second-order valence-electron chi connectivity index (χ2n) is 6.07. The number of halogens is 1. The van der Waals surface area contributed by atoms with Crippen molar-refractivity contribution in [3.8, 4) is 0 Å². The summed E-state index contributed by atoms with van der Waals surface area (Å²) in [5, 5.41) is 3.07. The van der Waals surface area contributed by atoms with E-state index in [9.17, 15) is 13.2 Å². The molecule has 0 heterocycles. The molecule has 0 aromatic heterocycles. The first-order valence-electron chi connectivity index (χ1n) is 8.51. The van der Waals surface area contributed by atoms with Gasteiger partial charge in [-0.25, -0.2) is 8.42 Å². The summed E-state index contributed by atoms with van der Waals surface area (Å²) >= 11 is 6.03. The summed E-state index contributed by atoms with van der Waals surface area (Å²) in [6.45, 7) is 3.77. The van der Waals surface area contributed by atoms with Crippen LogP contribution in [0, 0.1) is 6.92 Å². The van der Waals surface area contributed by atoms with E-state index in [-0.39, 0.29) is 10.8 Å². The third-order valence-corrected chi connectivity index (χ3v) is 5.72. The fourth-order valence-corrected chi connectivity index (χ4v) is 4.06. The second-order valence-corrected chi connectivity index (χ2v) is 8.13. The second kappa shape index (κ2) is 9.05. The summed E-state index contributed by atoms with van der Waals surface area (Å²) < 4.78 is 28.0. The molecule has 0 aliphatic heterocycles. The molecule has 0 spiro atoms. The zero-order chi connectivity index (χ0) is 19.2. The zero-order valence-corrected chi connectivity index (χ0v) is 16.5. The zero-order valence-electron chi connectivity index (χ0n) is 14.9. The molecule has 0 unspecified atom stereocenters. The van der Waals surface area contributed by atoms with Gasteiger partial charge in [-0.1, -0.05) is 49.6 Å². The Bertz CT molecular complexity index is 882. The predicted octanol–water partition coefficient (Wildman–Crippen LogP) is 4.97. The highest BCUT2D eigenvalue weighted by Gasteiger charge is 2.19. The molecule has 2 N–H and O–H groups in total. The van der Waals surface area contributed by atoms with Gasteiger partial charge in [0.15, 0.2) is 0 Å². The Morgan fingerprint density at radius 3 is 2.54 bits per heavy atom. The van der Waals surface area contributed by atoms with E-state index in [0.717, 1.165) is 19.3 Å². The van der Waals surface area contributed by atoms with Crippen molar-refractivity contribution in [2.75, 3.05) is 10.0 Å². The van der Waals surface area contributed by atoms with Gasteiger partial charge in [0.2, 0.25) is 5.91 Å². The van der Waals surface area contributed by atoms with E-state index in [1.165, 1.54) is 6.07 Å². The van der Waals surface area contributed by atoms with Gasteiger partial charge in [0.25, 0.3) is 10.0 Å². The maximum Gasteiger partial charge on any atom is 0.262 e. The summed E-state index contributed by atoms with van der Waals surface area (Å²) in [6, 6.07) is 11.5. The van der Waals surface area contributed by atoms with Crippen LogP contribution < -0.4 is 10.0 Å². The topological polar surface area (TPSA) is 75.3 Å². The van der Waals surface area contributed by atoms with E-state index in [4.69, 9.17) is 11.6 Å². The Morgan fingerprint density at radius 1 is 1.12 bits per heavy atom. The van der Waals surface area contributed by atoms with Gasteiger partial charge in [-0.15, -0.1) is 0 Å². The van der Waals surface area contributed by atoms with Gasteiger partial charge in [0, 0.05) is 12.1 Å². The van der Waals surface area contributed by atoms with Crippen molar-refractivity contribution < 1.29 is 13.2 Å². The van der Waals surface area contributed by atoms with Crippen molar-refractivity contribution >= 4 is 38.9 Å².